The first kappa shape index (κ1) is 16.2. The number of amides is 1. The maximum absolute atomic E-state index is 12.8. The summed E-state index contributed by atoms with van der Waals surface area (Å²) < 4.78 is 5.65. The number of carbonyl (C=O) groups excluding carboxylic acids is 1. The Morgan fingerprint density at radius 2 is 2.30 bits per heavy atom. The summed E-state index contributed by atoms with van der Waals surface area (Å²) >= 11 is 6.19. The van der Waals surface area contributed by atoms with Crippen LogP contribution in [0.3, 0.4) is 0 Å². The molecule has 1 amide bonds. The second kappa shape index (κ2) is 7.25. The highest BCUT2D eigenvalue weighted by Crippen LogP contribution is 2.37. The minimum Gasteiger partial charge on any atom is -0.492 e. The number of halogens is 1. The molecule has 0 radical (unpaired) electrons. The van der Waals surface area contributed by atoms with Gasteiger partial charge in [-0.15, -0.1) is 6.42 Å². The van der Waals surface area contributed by atoms with Crippen molar-refractivity contribution < 1.29 is 9.53 Å². The van der Waals surface area contributed by atoms with Crippen LogP contribution in [0, 0.1) is 12.3 Å². The van der Waals surface area contributed by atoms with Gasteiger partial charge < -0.3 is 10.1 Å². The predicted molar refractivity (Wildman–Crippen MR) is 90.5 cm³/mol. The quantitative estimate of drug-likeness (QED) is 0.865. The molecule has 2 aliphatic rings. The lowest BCUT2D eigenvalue weighted by atomic mass is 9.97. The second-order valence-corrected chi connectivity index (χ2v) is 6.45. The Morgan fingerprint density at radius 1 is 1.43 bits per heavy atom. The summed E-state index contributed by atoms with van der Waals surface area (Å²) in [6.07, 6.45) is 9.21. The number of nitrogens with one attached hydrogen (secondary N) is 1. The van der Waals surface area contributed by atoms with Gasteiger partial charge in [0.05, 0.1) is 30.3 Å². The fourth-order valence-corrected chi connectivity index (χ4v) is 3.64. The highest BCUT2D eigenvalue weighted by molar-refractivity contribution is 6.32. The molecule has 122 valence electrons. The Balaban J connectivity index is 1.74. The van der Waals surface area contributed by atoms with Crippen LogP contribution in [0.15, 0.2) is 18.2 Å². The summed E-state index contributed by atoms with van der Waals surface area (Å²) in [5, 5.41) is 3.76. The van der Waals surface area contributed by atoms with Crippen LogP contribution in [-0.2, 0) is 4.79 Å². The Hall–Kier alpha value is -1.70. The van der Waals surface area contributed by atoms with Crippen LogP contribution >= 0.6 is 11.6 Å². The average Bonchev–Trinajstić information content (AvgIpc) is 2.56. The molecule has 0 aliphatic carbocycles. The fourth-order valence-electron chi connectivity index (χ4n) is 3.40. The summed E-state index contributed by atoms with van der Waals surface area (Å²) in [4.78, 5) is 14.8. The van der Waals surface area contributed by atoms with E-state index in [9.17, 15) is 4.79 Å². The van der Waals surface area contributed by atoms with Crippen LogP contribution in [0.2, 0.25) is 5.02 Å². The molecule has 5 heteroatoms. The molecule has 1 saturated heterocycles. The zero-order valence-corrected chi connectivity index (χ0v) is 13.8. The number of terminal acetylenes is 1. The normalized spacial score (nSPS) is 24.2. The van der Waals surface area contributed by atoms with Gasteiger partial charge >= 0.3 is 0 Å². The lowest BCUT2D eigenvalue weighted by Gasteiger charge is -2.35. The van der Waals surface area contributed by atoms with E-state index in [4.69, 9.17) is 22.8 Å². The molecule has 1 aromatic carbocycles. The van der Waals surface area contributed by atoms with Gasteiger partial charge in [0.15, 0.2) is 0 Å². The summed E-state index contributed by atoms with van der Waals surface area (Å²) in [6, 6.07) is 5.47. The number of hydrogen-bond acceptors (Lipinski definition) is 3. The number of benzene rings is 1. The van der Waals surface area contributed by atoms with Gasteiger partial charge in [0, 0.05) is 12.0 Å². The summed E-state index contributed by atoms with van der Waals surface area (Å²) in [7, 11) is 0. The van der Waals surface area contributed by atoms with Gasteiger partial charge in [-0.05, 0) is 25.5 Å². The Labute approximate surface area is 142 Å². The van der Waals surface area contributed by atoms with Crippen molar-refractivity contribution in [3.8, 4) is 18.1 Å². The van der Waals surface area contributed by atoms with Crippen molar-refractivity contribution in [3.05, 3.63) is 28.8 Å². The number of piperidine rings is 1. The van der Waals surface area contributed by atoms with E-state index in [1.807, 2.05) is 12.1 Å². The molecular formula is C18H21ClN2O2. The molecule has 23 heavy (non-hydrogen) atoms. The van der Waals surface area contributed by atoms with E-state index < -0.39 is 0 Å². The SMILES string of the molecule is C#CCN1CCCC[C@@H]1C(=O)N[C@H]1CCOc2c(Cl)cccc21. The molecule has 2 aliphatic heterocycles. The number of ether oxygens (including phenoxy) is 1. The fraction of sp³-hybridized carbons (Fsp3) is 0.500. The third kappa shape index (κ3) is 3.46. The van der Waals surface area contributed by atoms with E-state index in [0.717, 1.165) is 37.8 Å². The topological polar surface area (TPSA) is 41.6 Å². The van der Waals surface area contributed by atoms with Crippen LogP contribution in [0.5, 0.6) is 5.75 Å². The van der Waals surface area contributed by atoms with Crippen molar-refractivity contribution in [3.63, 3.8) is 0 Å². The molecule has 1 aromatic rings. The minimum absolute atomic E-state index is 0.0535. The highest BCUT2D eigenvalue weighted by atomic mass is 35.5. The first-order valence-corrected chi connectivity index (χ1v) is 8.47. The molecule has 4 nitrogen and oxygen atoms in total. The highest BCUT2D eigenvalue weighted by Gasteiger charge is 2.31. The van der Waals surface area contributed by atoms with Crippen molar-refractivity contribution in [2.24, 2.45) is 0 Å². The van der Waals surface area contributed by atoms with Crippen LogP contribution < -0.4 is 10.1 Å². The van der Waals surface area contributed by atoms with Gasteiger partial charge in [0.1, 0.15) is 5.75 Å². The molecule has 0 aromatic heterocycles. The molecule has 0 saturated carbocycles. The first-order valence-electron chi connectivity index (χ1n) is 8.10. The van der Waals surface area contributed by atoms with Crippen LogP contribution in [0.4, 0.5) is 0 Å². The number of hydrogen-bond donors (Lipinski definition) is 1. The van der Waals surface area contributed by atoms with Gasteiger partial charge in [-0.25, -0.2) is 0 Å². The van der Waals surface area contributed by atoms with Crippen molar-refractivity contribution >= 4 is 17.5 Å². The molecule has 1 N–H and O–H groups in total. The van der Waals surface area contributed by atoms with Crippen molar-refractivity contribution in [2.75, 3.05) is 19.7 Å². The zero-order valence-electron chi connectivity index (χ0n) is 13.1. The average molecular weight is 333 g/mol. The third-order valence-electron chi connectivity index (χ3n) is 4.55. The number of likely N-dealkylation sites (tertiary alicyclic amines) is 1. The van der Waals surface area contributed by atoms with E-state index >= 15 is 0 Å². The Kier molecular flexibility index (Phi) is 5.09. The maximum atomic E-state index is 12.8. The van der Waals surface area contributed by atoms with E-state index in [2.05, 4.69) is 16.1 Å². The van der Waals surface area contributed by atoms with Gasteiger partial charge in [-0.2, -0.15) is 0 Å². The minimum atomic E-state index is -0.134. The second-order valence-electron chi connectivity index (χ2n) is 6.04. The molecular weight excluding hydrogens is 312 g/mol. The molecule has 2 atom stereocenters. The summed E-state index contributed by atoms with van der Waals surface area (Å²) in [5.74, 6) is 3.40. The monoisotopic (exact) mass is 332 g/mol. The lowest BCUT2D eigenvalue weighted by molar-refractivity contribution is -0.128. The predicted octanol–water partition coefficient (Wildman–Crippen LogP) is 2.77. The van der Waals surface area contributed by atoms with Crippen molar-refractivity contribution in [2.45, 2.75) is 37.8 Å². The number of fused-ring (bicyclic) bond motifs is 1. The van der Waals surface area contributed by atoms with Crippen LogP contribution in [0.1, 0.15) is 37.3 Å². The van der Waals surface area contributed by atoms with Gasteiger partial charge in [0.2, 0.25) is 5.91 Å². The van der Waals surface area contributed by atoms with Crippen molar-refractivity contribution in [1.82, 2.24) is 10.2 Å². The van der Waals surface area contributed by atoms with Crippen LogP contribution in [0.25, 0.3) is 0 Å². The third-order valence-corrected chi connectivity index (χ3v) is 4.85. The van der Waals surface area contributed by atoms with Crippen molar-refractivity contribution in [1.29, 1.82) is 0 Å². The van der Waals surface area contributed by atoms with Gasteiger partial charge in [-0.1, -0.05) is 36.1 Å². The molecule has 1 fully saturated rings. The van der Waals surface area contributed by atoms with Gasteiger partial charge in [-0.3, -0.25) is 9.69 Å². The molecule has 0 spiro atoms. The molecule has 0 bridgehead atoms. The maximum Gasteiger partial charge on any atom is 0.237 e. The smallest absolute Gasteiger partial charge is 0.237 e. The van der Waals surface area contributed by atoms with E-state index in [-0.39, 0.29) is 18.0 Å². The lowest BCUT2D eigenvalue weighted by Crippen LogP contribution is -2.50. The summed E-state index contributed by atoms with van der Waals surface area (Å²) in [6.45, 7) is 1.97. The zero-order chi connectivity index (χ0) is 16.2. The standard InChI is InChI=1S/C18H21ClN2O2/c1-2-10-21-11-4-3-8-16(21)18(22)20-15-9-12-23-17-13(15)6-5-7-14(17)19/h1,5-7,15-16H,3-4,8-12H2,(H,20,22)/t15-,16+/m0/s1. The molecule has 0 unspecified atom stereocenters. The number of rotatable bonds is 3. The largest absolute Gasteiger partial charge is 0.492 e. The summed E-state index contributed by atoms with van der Waals surface area (Å²) in [5.41, 5.74) is 0.955. The first-order chi connectivity index (χ1) is 11.2. The van der Waals surface area contributed by atoms with E-state index in [0.29, 0.717) is 23.9 Å². The Bertz CT molecular complexity index is 626. The van der Waals surface area contributed by atoms with Gasteiger partial charge in [0.25, 0.3) is 0 Å². The van der Waals surface area contributed by atoms with E-state index in [1.165, 1.54) is 0 Å². The Morgan fingerprint density at radius 3 is 3.13 bits per heavy atom. The molecule has 3 rings (SSSR count). The number of nitrogens with zero attached hydrogens (tertiary/aromatic N) is 1. The number of carbonyl (C=O) groups is 1. The number of para-hydroxylation sites is 1. The molecule has 2 heterocycles. The van der Waals surface area contributed by atoms with Crippen LogP contribution in [-0.4, -0.2) is 36.5 Å². The van der Waals surface area contributed by atoms with E-state index in [1.54, 1.807) is 6.07 Å².